The topological polar surface area (TPSA) is 62.3 Å². The maximum atomic E-state index is 12.0. The molecule has 1 atom stereocenters. The number of halogens is 1. The predicted octanol–water partition coefficient (Wildman–Crippen LogP) is 1.48. The van der Waals surface area contributed by atoms with Crippen LogP contribution in [-0.4, -0.2) is 40.8 Å². The zero-order chi connectivity index (χ0) is 13.8. The molecule has 0 aliphatic carbocycles. The van der Waals surface area contributed by atoms with E-state index >= 15 is 0 Å². The van der Waals surface area contributed by atoms with Crippen LogP contribution in [0.4, 0.5) is 0 Å². The first kappa shape index (κ1) is 13.8. The van der Waals surface area contributed by atoms with Gasteiger partial charge in [-0.15, -0.1) is 0 Å². The van der Waals surface area contributed by atoms with Crippen LogP contribution in [0.15, 0.2) is 18.3 Å². The third-order valence-corrected chi connectivity index (χ3v) is 3.35. The number of hydrogen-bond acceptors (Lipinski definition) is 3. The van der Waals surface area contributed by atoms with E-state index in [0.29, 0.717) is 10.7 Å². The van der Waals surface area contributed by atoms with Crippen molar-refractivity contribution in [1.82, 2.24) is 15.2 Å². The summed E-state index contributed by atoms with van der Waals surface area (Å²) < 4.78 is 0. The van der Waals surface area contributed by atoms with Gasteiger partial charge in [-0.1, -0.05) is 11.6 Å². The van der Waals surface area contributed by atoms with Crippen molar-refractivity contribution in [2.24, 2.45) is 0 Å². The van der Waals surface area contributed by atoms with Crippen molar-refractivity contribution in [2.45, 2.75) is 25.8 Å². The zero-order valence-corrected chi connectivity index (χ0v) is 11.5. The summed E-state index contributed by atoms with van der Waals surface area (Å²) in [7, 11) is 0. The van der Waals surface area contributed by atoms with Crippen molar-refractivity contribution in [3.63, 3.8) is 0 Å². The summed E-state index contributed by atoms with van der Waals surface area (Å²) in [5, 5.41) is 3.01. The minimum atomic E-state index is -0.527. The summed E-state index contributed by atoms with van der Waals surface area (Å²) in [5.41, 5.74) is 0.394. The standard InChI is InChI=1S/C13H16ClN3O2/c1-9(13(19)17-6-2-3-7-17)16-12(18)10-4-5-11(14)15-8-10/h4-5,8-9H,2-3,6-7H2,1H3,(H,16,18). The lowest BCUT2D eigenvalue weighted by Gasteiger charge is -2.21. The maximum Gasteiger partial charge on any atom is 0.253 e. The van der Waals surface area contributed by atoms with Gasteiger partial charge in [0.15, 0.2) is 0 Å². The highest BCUT2D eigenvalue weighted by atomic mass is 35.5. The lowest BCUT2D eigenvalue weighted by molar-refractivity contribution is -0.131. The zero-order valence-electron chi connectivity index (χ0n) is 10.7. The van der Waals surface area contributed by atoms with E-state index in [2.05, 4.69) is 10.3 Å². The number of likely N-dealkylation sites (tertiary alicyclic amines) is 1. The molecule has 2 amide bonds. The van der Waals surface area contributed by atoms with E-state index in [1.165, 1.54) is 6.20 Å². The molecule has 1 fully saturated rings. The molecule has 102 valence electrons. The average molecular weight is 282 g/mol. The van der Waals surface area contributed by atoms with Crippen molar-refractivity contribution in [3.8, 4) is 0 Å². The highest BCUT2D eigenvalue weighted by molar-refractivity contribution is 6.29. The number of carbonyl (C=O) groups is 2. The Kier molecular flexibility index (Phi) is 4.37. The molecule has 5 nitrogen and oxygen atoms in total. The number of rotatable bonds is 3. The van der Waals surface area contributed by atoms with Gasteiger partial charge in [-0.25, -0.2) is 4.98 Å². The predicted molar refractivity (Wildman–Crippen MR) is 72.0 cm³/mol. The molecule has 1 N–H and O–H groups in total. The molecule has 1 saturated heterocycles. The first-order chi connectivity index (χ1) is 9.08. The van der Waals surface area contributed by atoms with Gasteiger partial charge in [0.2, 0.25) is 5.91 Å². The number of nitrogens with zero attached hydrogens (tertiary/aromatic N) is 2. The van der Waals surface area contributed by atoms with Crippen LogP contribution in [-0.2, 0) is 4.79 Å². The van der Waals surface area contributed by atoms with Crippen molar-refractivity contribution >= 4 is 23.4 Å². The molecule has 1 aliphatic heterocycles. The Labute approximate surface area is 117 Å². The number of pyridine rings is 1. The van der Waals surface area contributed by atoms with Gasteiger partial charge in [0.05, 0.1) is 5.56 Å². The number of nitrogens with one attached hydrogen (secondary N) is 1. The molecule has 0 aromatic carbocycles. The molecule has 0 saturated carbocycles. The summed E-state index contributed by atoms with van der Waals surface area (Å²) in [6.07, 6.45) is 3.46. The minimum Gasteiger partial charge on any atom is -0.341 e. The van der Waals surface area contributed by atoms with Gasteiger partial charge >= 0.3 is 0 Å². The smallest absolute Gasteiger partial charge is 0.253 e. The van der Waals surface area contributed by atoms with Crippen LogP contribution in [0.3, 0.4) is 0 Å². The van der Waals surface area contributed by atoms with E-state index < -0.39 is 6.04 Å². The first-order valence-corrected chi connectivity index (χ1v) is 6.67. The minimum absolute atomic E-state index is 0.0345. The Hall–Kier alpha value is -1.62. The third-order valence-electron chi connectivity index (χ3n) is 3.13. The van der Waals surface area contributed by atoms with Gasteiger partial charge in [-0.2, -0.15) is 0 Å². The van der Waals surface area contributed by atoms with E-state index in [4.69, 9.17) is 11.6 Å². The second-order valence-electron chi connectivity index (χ2n) is 4.60. The molecule has 1 aliphatic rings. The molecule has 1 aromatic heterocycles. The SMILES string of the molecule is CC(NC(=O)c1ccc(Cl)nc1)C(=O)N1CCCC1. The van der Waals surface area contributed by atoms with Crippen molar-refractivity contribution < 1.29 is 9.59 Å². The van der Waals surface area contributed by atoms with Crippen LogP contribution in [0.25, 0.3) is 0 Å². The normalized spacial score (nSPS) is 16.2. The fourth-order valence-electron chi connectivity index (χ4n) is 2.06. The lowest BCUT2D eigenvalue weighted by Crippen LogP contribution is -2.45. The average Bonchev–Trinajstić information content (AvgIpc) is 2.92. The summed E-state index contributed by atoms with van der Waals surface area (Å²) in [6, 6.07) is 2.60. The quantitative estimate of drug-likeness (QED) is 0.854. The first-order valence-electron chi connectivity index (χ1n) is 6.29. The van der Waals surface area contributed by atoms with E-state index in [0.717, 1.165) is 25.9 Å². The Morgan fingerprint density at radius 2 is 2.05 bits per heavy atom. The van der Waals surface area contributed by atoms with Gasteiger partial charge in [0.25, 0.3) is 5.91 Å². The van der Waals surface area contributed by atoms with E-state index in [9.17, 15) is 9.59 Å². The Balaban J connectivity index is 1.94. The molecule has 19 heavy (non-hydrogen) atoms. The molecular formula is C13H16ClN3O2. The number of aromatic nitrogens is 1. The van der Waals surface area contributed by atoms with Crippen LogP contribution in [0, 0.1) is 0 Å². The highest BCUT2D eigenvalue weighted by Gasteiger charge is 2.24. The molecule has 2 heterocycles. The van der Waals surface area contributed by atoms with Crippen molar-refractivity contribution in [3.05, 3.63) is 29.0 Å². The fourth-order valence-corrected chi connectivity index (χ4v) is 2.18. The van der Waals surface area contributed by atoms with Gasteiger partial charge in [-0.3, -0.25) is 9.59 Å². The monoisotopic (exact) mass is 281 g/mol. The summed E-state index contributed by atoms with van der Waals surface area (Å²) in [6.45, 7) is 3.25. The van der Waals surface area contributed by atoms with E-state index in [-0.39, 0.29) is 11.8 Å². The second-order valence-corrected chi connectivity index (χ2v) is 4.98. The van der Waals surface area contributed by atoms with Crippen LogP contribution in [0.2, 0.25) is 5.15 Å². The molecule has 1 aromatic rings. The number of amides is 2. The van der Waals surface area contributed by atoms with Crippen molar-refractivity contribution in [1.29, 1.82) is 0 Å². The third kappa shape index (κ3) is 3.44. The summed E-state index contributed by atoms with van der Waals surface area (Å²) in [4.78, 5) is 29.6. The van der Waals surface area contributed by atoms with Crippen LogP contribution < -0.4 is 5.32 Å². The van der Waals surface area contributed by atoms with Gasteiger partial charge in [-0.05, 0) is 31.9 Å². The molecule has 6 heteroatoms. The molecular weight excluding hydrogens is 266 g/mol. The maximum absolute atomic E-state index is 12.0. The van der Waals surface area contributed by atoms with Gasteiger partial charge < -0.3 is 10.2 Å². The van der Waals surface area contributed by atoms with Gasteiger partial charge in [0, 0.05) is 19.3 Å². The molecule has 2 rings (SSSR count). The Bertz CT molecular complexity index is 469. The summed E-state index contributed by atoms with van der Waals surface area (Å²) >= 11 is 5.66. The Morgan fingerprint density at radius 3 is 2.63 bits per heavy atom. The molecule has 0 bridgehead atoms. The molecule has 1 unspecified atom stereocenters. The van der Waals surface area contributed by atoms with E-state index in [1.54, 1.807) is 24.0 Å². The van der Waals surface area contributed by atoms with E-state index in [1.807, 2.05) is 0 Å². The fraction of sp³-hybridized carbons (Fsp3) is 0.462. The van der Waals surface area contributed by atoms with Crippen molar-refractivity contribution in [2.75, 3.05) is 13.1 Å². The lowest BCUT2D eigenvalue weighted by atomic mass is 10.2. The number of carbonyl (C=O) groups excluding carboxylic acids is 2. The molecule has 0 radical (unpaired) electrons. The van der Waals surface area contributed by atoms with Crippen LogP contribution >= 0.6 is 11.6 Å². The molecule has 0 spiro atoms. The van der Waals surface area contributed by atoms with Gasteiger partial charge in [0.1, 0.15) is 11.2 Å². The second kappa shape index (κ2) is 6.02. The number of hydrogen-bond donors (Lipinski definition) is 1. The highest BCUT2D eigenvalue weighted by Crippen LogP contribution is 2.10. The van der Waals surface area contributed by atoms with Crippen LogP contribution in [0.5, 0.6) is 0 Å². The largest absolute Gasteiger partial charge is 0.341 e. The van der Waals surface area contributed by atoms with Crippen LogP contribution in [0.1, 0.15) is 30.1 Å². The summed E-state index contributed by atoms with van der Waals surface area (Å²) in [5.74, 6) is -0.350. The Morgan fingerprint density at radius 1 is 1.37 bits per heavy atom.